The predicted octanol–water partition coefficient (Wildman–Crippen LogP) is 0.212. The number of carbonyl (C=O) groups is 1. The Kier molecular flexibility index (Phi) is 5.25. The van der Waals surface area contributed by atoms with Crippen LogP contribution in [0.5, 0.6) is 0 Å². The first-order chi connectivity index (χ1) is 8.86. The molecule has 0 aliphatic heterocycles. The van der Waals surface area contributed by atoms with E-state index in [4.69, 9.17) is 5.73 Å². The number of benzene rings is 1. The monoisotopic (exact) mass is 289 g/mol. The number of sulfonamides is 1. The van der Waals surface area contributed by atoms with Gasteiger partial charge < -0.3 is 11.1 Å². The first-order valence-electron chi connectivity index (χ1n) is 5.68. The summed E-state index contributed by atoms with van der Waals surface area (Å²) in [5, 5.41) is 2.51. The normalized spacial score (nSPS) is 11.3. The van der Waals surface area contributed by atoms with E-state index in [1.165, 1.54) is 0 Å². The molecule has 0 aromatic heterocycles. The summed E-state index contributed by atoms with van der Waals surface area (Å²) in [6, 6.07) is 3.02. The molecule has 19 heavy (non-hydrogen) atoms. The fraction of sp³-hybridized carbons (Fsp3) is 0.364. The van der Waals surface area contributed by atoms with Gasteiger partial charge in [-0.3, -0.25) is 4.79 Å². The predicted molar refractivity (Wildman–Crippen MR) is 69.3 cm³/mol. The van der Waals surface area contributed by atoms with Gasteiger partial charge in [0.25, 0.3) is 0 Å². The molecular formula is C11H16FN3O3S. The molecule has 0 saturated carbocycles. The van der Waals surface area contributed by atoms with Crippen molar-refractivity contribution in [3.05, 3.63) is 24.0 Å². The third-order valence-electron chi connectivity index (χ3n) is 2.26. The molecule has 0 radical (unpaired) electrons. The van der Waals surface area contributed by atoms with Gasteiger partial charge in [0.2, 0.25) is 15.9 Å². The molecule has 1 amide bonds. The molecule has 0 unspecified atom stereocenters. The van der Waals surface area contributed by atoms with Crippen LogP contribution in [0.15, 0.2) is 23.1 Å². The van der Waals surface area contributed by atoms with Crippen molar-refractivity contribution in [2.45, 2.75) is 18.2 Å². The zero-order valence-corrected chi connectivity index (χ0v) is 11.3. The van der Waals surface area contributed by atoms with E-state index in [2.05, 4.69) is 10.0 Å². The molecule has 0 bridgehead atoms. The number of anilines is 1. The average Bonchev–Trinajstić information content (AvgIpc) is 2.36. The van der Waals surface area contributed by atoms with E-state index < -0.39 is 28.3 Å². The zero-order chi connectivity index (χ0) is 14.5. The van der Waals surface area contributed by atoms with Crippen LogP contribution in [0.2, 0.25) is 0 Å². The lowest BCUT2D eigenvalue weighted by Gasteiger charge is -2.09. The Morgan fingerprint density at radius 2 is 2.11 bits per heavy atom. The highest BCUT2D eigenvalue weighted by Crippen LogP contribution is 2.18. The Hall–Kier alpha value is -1.67. The molecule has 0 aliphatic rings. The highest BCUT2D eigenvalue weighted by molar-refractivity contribution is 7.89. The third kappa shape index (κ3) is 4.49. The lowest BCUT2D eigenvalue weighted by Crippen LogP contribution is -2.37. The van der Waals surface area contributed by atoms with Gasteiger partial charge in [0.15, 0.2) is 0 Å². The Balaban J connectivity index is 2.76. The van der Waals surface area contributed by atoms with Gasteiger partial charge in [-0.25, -0.2) is 17.5 Å². The topological polar surface area (TPSA) is 101 Å². The number of hydrogen-bond acceptors (Lipinski definition) is 4. The van der Waals surface area contributed by atoms with E-state index in [0.29, 0.717) is 6.54 Å². The Morgan fingerprint density at radius 3 is 2.74 bits per heavy atom. The van der Waals surface area contributed by atoms with Crippen LogP contribution in [0.3, 0.4) is 0 Å². The molecule has 0 aliphatic carbocycles. The van der Waals surface area contributed by atoms with Gasteiger partial charge in [-0.2, -0.15) is 0 Å². The summed E-state index contributed by atoms with van der Waals surface area (Å²) in [6.45, 7) is 1.92. The second kappa shape index (κ2) is 6.48. The molecule has 8 heteroatoms. The molecule has 1 aromatic rings. The molecule has 0 heterocycles. The van der Waals surface area contributed by atoms with Crippen molar-refractivity contribution in [2.24, 2.45) is 0 Å². The highest BCUT2D eigenvalue weighted by atomic mass is 32.2. The fourth-order valence-electron chi connectivity index (χ4n) is 1.31. The summed E-state index contributed by atoms with van der Waals surface area (Å²) in [4.78, 5) is 10.9. The number of halogens is 1. The minimum absolute atomic E-state index is 0.0807. The Bertz CT molecular complexity index is 560. The number of carbonyl (C=O) groups excluding carboxylic acids is 1. The van der Waals surface area contributed by atoms with E-state index in [-0.39, 0.29) is 10.6 Å². The summed E-state index contributed by atoms with van der Waals surface area (Å²) < 4.78 is 38.8. The van der Waals surface area contributed by atoms with Gasteiger partial charge >= 0.3 is 0 Å². The molecular weight excluding hydrogens is 273 g/mol. The summed E-state index contributed by atoms with van der Waals surface area (Å²) in [5.41, 5.74) is 5.40. The first kappa shape index (κ1) is 15.4. The maximum absolute atomic E-state index is 13.0. The summed E-state index contributed by atoms with van der Waals surface area (Å²) in [7, 11) is -4.01. The maximum atomic E-state index is 13.0. The Morgan fingerprint density at radius 1 is 1.42 bits per heavy atom. The number of nitrogens with two attached hydrogens (primary N) is 1. The van der Waals surface area contributed by atoms with E-state index in [1.54, 1.807) is 0 Å². The van der Waals surface area contributed by atoms with Crippen LogP contribution in [0.4, 0.5) is 10.1 Å². The SMILES string of the molecule is CCCNC(=O)CNS(=O)(=O)c1cc(F)ccc1N. The standard InChI is InChI=1S/C11H16FN3O3S/c1-2-5-14-11(16)7-15-19(17,18)10-6-8(12)3-4-9(10)13/h3-4,6,15H,2,5,7,13H2,1H3,(H,14,16). The maximum Gasteiger partial charge on any atom is 0.243 e. The van der Waals surface area contributed by atoms with Crippen LogP contribution in [-0.2, 0) is 14.8 Å². The van der Waals surface area contributed by atoms with E-state index >= 15 is 0 Å². The number of nitrogen functional groups attached to an aromatic ring is 1. The Labute approximate surface area is 111 Å². The van der Waals surface area contributed by atoms with E-state index in [1.807, 2.05) is 6.92 Å². The lowest BCUT2D eigenvalue weighted by molar-refractivity contribution is -0.119. The second-order valence-electron chi connectivity index (χ2n) is 3.86. The largest absolute Gasteiger partial charge is 0.398 e. The van der Waals surface area contributed by atoms with Crippen molar-refractivity contribution >= 4 is 21.6 Å². The van der Waals surface area contributed by atoms with Crippen molar-refractivity contribution < 1.29 is 17.6 Å². The quantitative estimate of drug-likeness (QED) is 0.652. The molecule has 0 spiro atoms. The zero-order valence-electron chi connectivity index (χ0n) is 10.4. The highest BCUT2D eigenvalue weighted by Gasteiger charge is 2.19. The first-order valence-corrected chi connectivity index (χ1v) is 7.16. The van der Waals surface area contributed by atoms with Gasteiger partial charge in [-0.05, 0) is 24.6 Å². The molecule has 1 rings (SSSR count). The van der Waals surface area contributed by atoms with Crippen LogP contribution in [0.1, 0.15) is 13.3 Å². The molecule has 0 atom stereocenters. The van der Waals surface area contributed by atoms with Crippen molar-refractivity contribution in [2.75, 3.05) is 18.8 Å². The minimum atomic E-state index is -4.01. The van der Waals surface area contributed by atoms with Crippen LogP contribution < -0.4 is 15.8 Å². The number of nitrogens with one attached hydrogen (secondary N) is 2. The van der Waals surface area contributed by atoms with Crippen molar-refractivity contribution in [1.29, 1.82) is 0 Å². The van der Waals surface area contributed by atoms with Gasteiger partial charge in [-0.15, -0.1) is 0 Å². The fourth-order valence-corrected chi connectivity index (χ4v) is 2.43. The van der Waals surface area contributed by atoms with Crippen LogP contribution in [-0.4, -0.2) is 27.4 Å². The van der Waals surface area contributed by atoms with Crippen LogP contribution in [0.25, 0.3) is 0 Å². The average molecular weight is 289 g/mol. The van der Waals surface area contributed by atoms with Gasteiger partial charge in [0.05, 0.1) is 12.2 Å². The number of hydrogen-bond donors (Lipinski definition) is 3. The smallest absolute Gasteiger partial charge is 0.243 e. The molecule has 1 aromatic carbocycles. The minimum Gasteiger partial charge on any atom is -0.398 e. The molecule has 0 fully saturated rings. The second-order valence-corrected chi connectivity index (χ2v) is 5.59. The van der Waals surface area contributed by atoms with Crippen molar-refractivity contribution in [1.82, 2.24) is 10.0 Å². The molecule has 6 nitrogen and oxygen atoms in total. The summed E-state index contributed by atoms with van der Waals surface area (Å²) >= 11 is 0. The number of amides is 1. The molecule has 106 valence electrons. The van der Waals surface area contributed by atoms with Gasteiger partial charge in [0, 0.05) is 6.54 Å². The lowest BCUT2D eigenvalue weighted by atomic mass is 10.3. The van der Waals surface area contributed by atoms with Gasteiger partial charge in [-0.1, -0.05) is 6.92 Å². The summed E-state index contributed by atoms with van der Waals surface area (Å²) in [6.07, 6.45) is 0.745. The molecule has 4 N–H and O–H groups in total. The van der Waals surface area contributed by atoms with Crippen LogP contribution in [0, 0.1) is 5.82 Å². The molecule has 0 saturated heterocycles. The summed E-state index contributed by atoms with van der Waals surface area (Å²) in [5.74, 6) is -1.18. The van der Waals surface area contributed by atoms with Crippen molar-refractivity contribution in [3.63, 3.8) is 0 Å². The number of rotatable bonds is 6. The van der Waals surface area contributed by atoms with Crippen LogP contribution >= 0.6 is 0 Å². The van der Waals surface area contributed by atoms with E-state index in [9.17, 15) is 17.6 Å². The van der Waals surface area contributed by atoms with Crippen molar-refractivity contribution in [3.8, 4) is 0 Å². The van der Waals surface area contributed by atoms with Gasteiger partial charge in [0.1, 0.15) is 10.7 Å². The van der Waals surface area contributed by atoms with E-state index in [0.717, 1.165) is 24.6 Å². The third-order valence-corrected chi connectivity index (χ3v) is 3.72.